The summed E-state index contributed by atoms with van der Waals surface area (Å²) in [6, 6.07) is 0.139. The zero-order chi connectivity index (χ0) is 14.4. The second-order valence-electron chi connectivity index (χ2n) is 5.13. The average molecular weight is 298 g/mol. The Morgan fingerprint density at radius 3 is 2.85 bits per heavy atom. The van der Waals surface area contributed by atoms with E-state index < -0.39 is 0 Å². The number of hydrogen-bond donors (Lipinski definition) is 2. The van der Waals surface area contributed by atoms with Crippen LogP contribution in [-0.2, 0) is 4.74 Å². The minimum Gasteiger partial charge on any atom is -0.379 e. The number of hydrogen-bond acceptors (Lipinski definition) is 5. The van der Waals surface area contributed by atoms with Gasteiger partial charge in [0.15, 0.2) is 5.13 Å². The number of nitrogens with zero attached hydrogens (tertiary/aromatic N) is 2. The molecule has 2 heterocycles. The Kier molecular flexibility index (Phi) is 5.75. The molecule has 1 aromatic rings. The van der Waals surface area contributed by atoms with Crippen LogP contribution in [0.25, 0.3) is 0 Å². The summed E-state index contributed by atoms with van der Waals surface area (Å²) in [7, 11) is 0. The average Bonchev–Trinajstić information content (AvgIpc) is 2.92. The summed E-state index contributed by atoms with van der Waals surface area (Å²) in [5, 5.41) is 8.12. The van der Waals surface area contributed by atoms with Crippen LogP contribution in [0.3, 0.4) is 0 Å². The number of morpholine rings is 1. The van der Waals surface area contributed by atoms with E-state index in [1.807, 2.05) is 5.38 Å². The first-order valence-corrected chi connectivity index (χ1v) is 7.81. The molecule has 6 nitrogen and oxygen atoms in total. The summed E-state index contributed by atoms with van der Waals surface area (Å²) in [6.45, 7) is 8.40. The van der Waals surface area contributed by atoms with E-state index in [-0.39, 0.29) is 6.03 Å². The minimum atomic E-state index is -0.196. The van der Waals surface area contributed by atoms with Crippen LogP contribution in [0.4, 0.5) is 9.93 Å². The van der Waals surface area contributed by atoms with Crippen LogP contribution in [0.2, 0.25) is 0 Å². The van der Waals surface area contributed by atoms with E-state index in [2.05, 4.69) is 34.4 Å². The van der Waals surface area contributed by atoms with Crippen molar-refractivity contribution in [3.63, 3.8) is 0 Å². The zero-order valence-electron chi connectivity index (χ0n) is 12.0. The first-order chi connectivity index (χ1) is 9.66. The van der Waals surface area contributed by atoms with Crippen molar-refractivity contribution in [2.24, 2.45) is 5.92 Å². The summed E-state index contributed by atoms with van der Waals surface area (Å²) in [4.78, 5) is 18.2. The van der Waals surface area contributed by atoms with Crippen molar-refractivity contribution in [1.82, 2.24) is 15.2 Å². The highest BCUT2D eigenvalue weighted by Crippen LogP contribution is 2.13. The number of ether oxygens (including phenoxy) is 1. The highest BCUT2D eigenvalue weighted by atomic mass is 32.1. The van der Waals surface area contributed by atoms with Crippen molar-refractivity contribution in [2.45, 2.75) is 19.9 Å². The largest absolute Gasteiger partial charge is 0.379 e. The van der Waals surface area contributed by atoms with Crippen molar-refractivity contribution in [2.75, 3.05) is 38.2 Å². The van der Waals surface area contributed by atoms with Gasteiger partial charge in [-0.25, -0.2) is 9.78 Å². The van der Waals surface area contributed by atoms with E-state index in [1.165, 1.54) is 11.3 Å². The van der Waals surface area contributed by atoms with Crippen molar-refractivity contribution >= 4 is 22.5 Å². The van der Waals surface area contributed by atoms with Crippen LogP contribution in [-0.4, -0.2) is 54.8 Å². The van der Waals surface area contributed by atoms with E-state index in [0.717, 1.165) is 26.3 Å². The maximum absolute atomic E-state index is 11.8. The number of amides is 2. The third-order valence-electron chi connectivity index (χ3n) is 3.41. The Morgan fingerprint density at radius 1 is 1.50 bits per heavy atom. The second kappa shape index (κ2) is 7.56. The van der Waals surface area contributed by atoms with Gasteiger partial charge in [0, 0.05) is 37.3 Å². The normalized spacial score (nSPS) is 17.9. The molecule has 112 valence electrons. The van der Waals surface area contributed by atoms with Crippen LogP contribution in [0.15, 0.2) is 11.6 Å². The van der Waals surface area contributed by atoms with E-state index in [0.29, 0.717) is 23.6 Å². The molecule has 1 unspecified atom stereocenters. The van der Waals surface area contributed by atoms with Gasteiger partial charge in [0.2, 0.25) is 0 Å². The third kappa shape index (κ3) is 4.43. The number of anilines is 1. The summed E-state index contributed by atoms with van der Waals surface area (Å²) >= 11 is 1.41. The molecule has 0 spiro atoms. The van der Waals surface area contributed by atoms with E-state index in [4.69, 9.17) is 4.74 Å². The standard InChI is InChI=1S/C13H22N4O2S/c1-10(2)11(17-4-6-19-7-5-17)9-15-12(18)16-13-14-3-8-20-13/h3,8,10-11H,4-7,9H2,1-2H3,(H2,14,15,16,18). The summed E-state index contributed by atoms with van der Waals surface area (Å²) in [5.74, 6) is 0.480. The lowest BCUT2D eigenvalue weighted by molar-refractivity contribution is 0.00728. The maximum atomic E-state index is 11.8. The molecule has 0 saturated carbocycles. The third-order valence-corrected chi connectivity index (χ3v) is 4.10. The number of rotatable bonds is 5. The second-order valence-corrected chi connectivity index (χ2v) is 6.03. The van der Waals surface area contributed by atoms with Gasteiger partial charge in [-0.3, -0.25) is 10.2 Å². The van der Waals surface area contributed by atoms with Gasteiger partial charge in [-0.15, -0.1) is 11.3 Å². The first kappa shape index (κ1) is 15.2. The fourth-order valence-corrected chi connectivity index (χ4v) is 2.84. The molecule has 0 aromatic carbocycles. The molecule has 1 aromatic heterocycles. The van der Waals surface area contributed by atoms with Crippen molar-refractivity contribution < 1.29 is 9.53 Å². The number of urea groups is 1. The van der Waals surface area contributed by atoms with Crippen LogP contribution < -0.4 is 10.6 Å². The van der Waals surface area contributed by atoms with Gasteiger partial charge in [0.1, 0.15) is 0 Å². The summed E-state index contributed by atoms with van der Waals surface area (Å²) < 4.78 is 5.38. The quantitative estimate of drug-likeness (QED) is 0.867. The molecular weight excluding hydrogens is 276 g/mol. The van der Waals surface area contributed by atoms with Crippen molar-refractivity contribution in [3.8, 4) is 0 Å². The lowest BCUT2D eigenvalue weighted by Crippen LogP contribution is -2.51. The molecule has 1 fully saturated rings. The molecule has 1 aliphatic rings. The summed E-state index contributed by atoms with van der Waals surface area (Å²) in [6.07, 6.45) is 1.67. The van der Waals surface area contributed by atoms with E-state index in [1.54, 1.807) is 6.20 Å². The van der Waals surface area contributed by atoms with Crippen LogP contribution in [0.5, 0.6) is 0 Å². The Labute approximate surface area is 123 Å². The highest BCUT2D eigenvalue weighted by molar-refractivity contribution is 7.13. The molecule has 1 atom stereocenters. The maximum Gasteiger partial charge on any atom is 0.321 e. The summed E-state index contributed by atoms with van der Waals surface area (Å²) in [5.41, 5.74) is 0. The molecular formula is C13H22N4O2S. The predicted molar refractivity (Wildman–Crippen MR) is 80.2 cm³/mol. The van der Waals surface area contributed by atoms with Gasteiger partial charge < -0.3 is 10.1 Å². The van der Waals surface area contributed by atoms with E-state index in [9.17, 15) is 4.79 Å². The Bertz CT molecular complexity index is 405. The van der Waals surface area contributed by atoms with Crippen molar-refractivity contribution in [3.05, 3.63) is 11.6 Å². The number of nitrogens with one attached hydrogen (secondary N) is 2. The Hall–Kier alpha value is -1.18. The lowest BCUT2D eigenvalue weighted by Gasteiger charge is -2.36. The van der Waals surface area contributed by atoms with Gasteiger partial charge in [-0.1, -0.05) is 13.8 Å². The van der Waals surface area contributed by atoms with Gasteiger partial charge in [-0.2, -0.15) is 0 Å². The zero-order valence-corrected chi connectivity index (χ0v) is 12.8. The van der Waals surface area contributed by atoms with Crippen LogP contribution in [0, 0.1) is 5.92 Å². The van der Waals surface area contributed by atoms with Gasteiger partial charge in [-0.05, 0) is 5.92 Å². The molecule has 2 rings (SSSR count). The number of carbonyl (C=O) groups excluding carboxylic acids is 1. The van der Waals surface area contributed by atoms with E-state index >= 15 is 0 Å². The van der Waals surface area contributed by atoms with Crippen molar-refractivity contribution in [1.29, 1.82) is 0 Å². The number of thiazole rings is 1. The molecule has 2 amide bonds. The molecule has 1 aliphatic heterocycles. The molecule has 7 heteroatoms. The lowest BCUT2D eigenvalue weighted by atomic mass is 10.0. The fourth-order valence-electron chi connectivity index (χ4n) is 2.32. The SMILES string of the molecule is CC(C)C(CNC(=O)Nc1nccs1)N1CCOCC1. The molecule has 2 N–H and O–H groups in total. The Balaban J connectivity index is 1.80. The monoisotopic (exact) mass is 298 g/mol. The first-order valence-electron chi connectivity index (χ1n) is 6.93. The number of carbonyl (C=O) groups is 1. The number of aromatic nitrogens is 1. The highest BCUT2D eigenvalue weighted by Gasteiger charge is 2.24. The van der Waals surface area contributed by atoms with Gasteiger partial charge >= 0.3 is 6.03 Å². The molecule has 1 saturated heterocycles. The van der Waals surface area contributed by atoms with Crippen LogP contribution >= 0.6 is 11.3 Å². The topological polar surface area (TPSA) is 66.5 Å². The molecule has 20 heavy (non-hydrogen) atoms. The Morgan fingerprint density at radius 2 is 2.25 bits per heavy atom. The molecule has 0 aliphatic carbocycles. The van der Waals surface area contributed by atoms with Gasteiger partial charge in [0.25, 0.3) is 0 Å². The fraction of sp³-hybridized carbons (Fsp3) is 0.692. The predicted octanol–water partition coefficient (Wildman–Crippen LogP) is 1.62. The minimum absolute atomic E-state index is 0.196. The molecule has 0 radical (unpaired) electrons. The molecule has 0 bridgehead atoms. The smallest absolute Gasteiger partial charge is 0.321 e. The van der Waals surface area contributed by atoms with Crippen LogP contribution in [0.1, 0.15) is 13.8 Å². The van der Waals surface area contributed by atoms with Gasteiger partial charge in [0.05, 0.1) is 13.2 Å².